The van der Waals surface area contributed by atoms with Crippen LogP contribution >= 0.6 is 27.7 Å². The van der Waals surface area contributed by atoms with Crippen molar-refractivity contribution in [2.24, 2.45) is 10.1 Å². The highest BCUT2D eigenvalue weighted by molar-refractivity contribution is 9.10. The van der Waals surface area contributed by atoms with Crippen molar-refractivity contribution < 1.29 is 14.3 Å². The minimum absolute atomic E-state index is 0.197. The third kappa shape index (κ3) is 4.93. The number of hydrazone groups is 1. The zero-order valence-electron chi connectivity index (χ0n) is 14.2. The van der Waals surface area contributed by atoms with Gasteiger partial charge in [-0.3, -0.25) is 4.79 Å². The highest BCUT2D eigenvalue weighted by Gasteiger charge is 2.34. The number of hydrogen-bond donors (Lipinski definition) is 0. The Morgan fingerprint density at radius 1 is 1.19 bits per heavy atom. The maximum Gasteiger partial charge on any atom is 0.331 e. The lowest BCUT2D eigenvalue weighted by atomic mass is 10.2. The number of halogens is 1. The summed E-state index contributed by atoms with van der Waals surface area (Å²) in [5.74, 6) is -1.05. The standard InChI is InChI=1S/C19H14BrN3O3S/c1-26-17(24)11-16-18(25)23(21-12-13-6-5-7-14(20)10-13)19(27-16)22-15-8-3-2-4-9-15/h2-12H,1H3/b16-11+,21-12+,22-19?. The zero-order valence-corrected chi connectivity index (χ0v) is 16.6. The Morgan fingerprint density at radius 3 is 2.67 bits per heavy atom. The zero-order chi connectivity index (χ0) is 19.2. The lowest BCUT2D eigenvalue weighted by Crippen LogP contribution is -2.23. The molecule has 1 saturated heterocycles. The number of amides is 1. The van der Waals surface area contributed by atoms with Crippen molar-refractivity contribution in [1.29, 1.82) is 0 Å². The fraction of sp³-hybridized carbons (Fsp3) is 0.0526. The number of hydrogen-bond acceptors (Lipinski definition) is 6. The molecule has 1 amide bonds. The summed E-state index contributed by atoms with van der Waals surface area (Å²) in [7, 11) is 1.26. The van der Waals surface area contributed by atoms with Gasteiger partial charge < -0.3 is 4.74 Å². The molecule has 0 aromatic heterocycles. The predicted molar refractivity (Wildman–Crippen MR) is 110 cm³/mol. The van der Waals surface area contributed by atoms with Gasteiger partial charge in [0.15, 0.2) is 5.17 Å². The van der Waals surface area contributed by atoms with Crippen LogP contribution in [0.4, 0.5) is 5.69 Å². The summed E-state index contributed by atoms with van der Waals surface area (Å²) in [6.07, 6.45) is 2.70. The van der Waals surface area contributed by atoms with Crippen molar-refractivity contribution in [2.45, 2.75) is 0 Å². The number of nitrogens with zero attached hydrogens (tertiary/aromatic N) is 3. The number of thioether (sulfide) groups is 1. The molecule has 0 aliphatic carbocycles. The summed E-state index contributed by atoms with van der Waals surface area (Å²) in [5, 5.41) is 5.80. The van der Waals surface area contributed by atoms with Gasteiger partial charge in [-0.25, -0.2) is 9.79 Å². The molecule has 6 nitrogen and oxygen atoms in total. The van der Waals surface area contributed by atoms with E-state index in [2.05, 4.69) is 30.8 Å². The summed E-state index contributed by atoms with van der Waals surface area (Å²) in [6.45, 7) is 0. The summed E-state index contributed by atoms with van der Waals surface area (Å²) in [4.78, 5) is 28.9. The SMILES string of the molecule is COC(=O)/C=C1/SC(=Nc2ccccc2)N(/N=C/c2cccc(Br)c2)C1=O. The Morgan fingerprint density at radius 2 is 1.96 bits per heavy atom. The van der Waals surface area contributed by atoms with Gasteiger partial charge in [-0.15, -0.1) is 0 Å². The Hall–Kier alpha value is -2.71. The Labute approximate surface area is 168 Å². The van der Waals surface area contributed by atoms with E-state index >= 15 is 0 Å². The second-order valence-corrected chi connectivity index (χ2v) is 7.21. The van der Waals surface area contributed by atoms with Gasteiger partial charge in [-0.2, -0.15) is 10.1 Å². The fourth-order valence-electron chi connectivity index (χ4n) is 2.13. The first-order valence-corrected chi connectivity index (χ1v) is 9.43. The molecule has 0 N–H and O–H groups in total. The van der Waals surface area contributed by atoms with Gasteiger partial charge >= 0.3 is 5.97 Å². The Bertz CT molecular complexity index is 958. The smallest absolute Gasteiger partial charge is 0.331 e. The molecule has 136 valence electrons. The topological polar surface area (TPSA) is 71.3 Å². The number of ether oxygens (including phenoxy) is 1. The van der Waals surface area contributed by atoms with Crippen LogP contribution in [0.15, 0.2) is 80.1 Å². The molecule has 0 atom stereocenters. The number of esters is 1. The molecule has 0 saturated carbocycles. The number of methoxy groups -OCH3 is 1. The van der Waals surface area contributed by atoms with Crippen LogP contribution in [0, 0.1) is 0 Å². The quantitative estimate of drug-likeness (QED) is 0.405. The number of benzene rings is 2. The molecule has 2 aromatic carbocycles. The van der Waals surface area contributed by atoms with Gasteiger partial charge in [0.05, 0.1) is 23.9 Å². The first-order chi connectivity index (χ1) is 13.1. The van der Waals surface area contributed by atoms with Crippen molar-refractivity contribution in [2.75, 3.05) is 7.11 Å². The first kappa shape index (κ1) is 19.1. The van der Waals surface area contributed by atoms with Gasteiger partial charge in [0.2, 0.25) is 0 Å². The molecule has 0 bridgehead atoms. The van der Waals surface area contributed by atoms with Gasteiger partial charge in [0.25, 0.3) is 5.91 Å². The molecule has 27 heavy (non-hydrogen) atoms. The van der Waals surface area contributed by atoms with Crippen LogP contribution in [0.25, 0.3) is 0 Å². The van der Waals surface area contributed by atoms with Gasteiger partial charge in [-0.05, 0) is 41.6 Å². The molecule has 1 fully saturated rings. The lowest BCUT2D eigenvalue weighted by Gasteiger charge is -2.08. The van der Waals surface area contributed by atoms with Crippen molar-refractivity contribution in [1.82, 2.24) is 5.01 Å². The van der Waals surface area contributed by atoms with Crippen molar-refractivity contribution in [3.63, 3.8) is 0 Å². The Balaban J connectivity index is 1.95. The molecule has 8 heteroatoms. The molecule has 0 radical (unpaired) electrons. The van der Waals surface area contributed by atoms with E-state index in [0.29, 0.717) is 10.9 Å². The maximum absolute atomic E-state index is 12.7. The normalized spacial score (nSPS) is 17.3. The monoisotopic (exact) mass is 443 g/mol. The minimum Gasteiger partial charge on any atom is -0.466 e. The highest BCUT2D eigenvalue weighted by atomic mass is 79.9. The van der Waals surface area contributed by atoms with E-state index in [4.69, 9.17) is 0 Å². The minimum atomic E-state index is -0.609. The van der Waals surface area contributed by atoms with E-state index in [1.165, 1.54) is 12.1 Å². The van der Waals surface area contributed by atoms with Crippen molar-refractivity contribution in [3.05, 3.63) is 75.6 Å². The largest absolute Gasteiger partial charge is 0.466 e. The number of amidine groups is 1. The molecule has 3 rings (SSSR count). The van der Waals surface area contributed by atoms with Crippen molar-refractivity contribution >= 4 is 56.6 Å². The second-order valence-electron chi connectivity index (χ2n) is 5.28. The third-order valence-electron chi connectivity index (χ3n) is 3.39. The van der Waals surface area contributed by atoms with E-state index in [-0.39, 0.29) is 4.91 Å². The molecular weight excluding hydrogens is 430 g/mol. The van der Waals surface area contributed by atoms with Crippen LogP contribution in [-0.4, -0.2) is 35.4 Å². The number of para-hydroxylation sites is 1. The van der Waals surface area contributed by atoms with E-state index in [1.54, 1.807) is 6.21 Å². The molecule has 1 aliphatic rings. The molecule has 0 spiro atoms. The van der Waals surface area contributed by atoms with E-state index in [9.17, 15) is 9.59 Å². The summed E-state index contributed by atoms with van der Waals surface area (Å²) >= 11 is 4.47. The maximum atomic E-state index is 12.7. The predicted octanol–water partition coefficient (Wildman–Crippen LogP) is 4.10. The van der Waals surface area contributed by atoms with Crippen LogP contribution in [0.1, 0.15) is 5.56 Å². The van der Waals surface area contributed by atoms with Gasteiger partial charge in [-0.1, -0.05) is 46.3 Å². The van der Waals surface area contributed by atoms with Gasteiger partial charge in [0.1, 0.15) is 0 Å². The van der Waals surface area contributed by atoms with Crippen LogP contribution in [0.2, 0.25) is 0 Å². The average molecular weight is 444 g/mol. The highest BCUT2D eigenvalue weighted by Crippen LogP contribution is 2.33. The van der Waals surface area contributed by atoms with E-state index < -0.39 is 11.9 Å². The van der Waals surface area contributed by atoms with Crippen LogP contribution in [0.3, 0.4) is 0 Å². The van der Waals surface area contributed by atoms with E-state index in [0.717, 1.165) is 27.9 Å². The molecule has 0 unspecified atom stereocenters. The number of rotatable bonds is 4. The third-order valence-corrected chi connectivity index (χ3v) is 4.84. The first-order valence-electron chi connectivity index (χ1n) is 7.82. The average Bonchev–Trinajstić information content (AvgIpc) is 2.95. The summed E-state index contributed by atoms with van der Waals surface area (Å²) in [5.41, 5.74) is 1.49. The summed E-state index contributed by atoms with van der Waals surface area (Å²) < 4.78 is 5.51. The number of aliphatic imine (C=N–C) groups is 1. The number of carbonyl (C=O) groups excluding carboxylic acids is 2. The van der Waals surface area contributed by atoms with Crippen LogP contribution in [0.5, 0.6) is 0 Å². The fourth-order valence-corrected chi connectivity index (χ4v) is 3.44. The lowest BCUT2D eigenvalue weighted by molar-refractivity contribution is -0.135. The molecule has 1 heterocycles. The molecular formula is C19H14BrN3O3S. The Kier molecular flexibility index (Phi) is 6.20. The number of carbonyl (C=O) groups is 2. The molecule has 1 aliphatic heterocycles. The van der Waals surface area contributed by atoms with Gasteiger partial charge in [0, 0.05) is 10.5 Å². The second kappa shape index (κ2) is 8.79. The van der Waals surface area contributed by atoms with Crippen LogP contribution < -0.4 is 0 Å². The van der Waals surface area contributed by atoms with Crippen molar-refractivity contribution in [3.8, 4) is 0 Å². The van der Waals surface area contributed by atoms with E-state index in [1.807, 2.05) is 54.6 Å². The summed E-state index contributed by atoms with van der Waals surface area (Å²) in [6, 6.07) is 16.7. The molecule has 2 aromatic rings. The van der Waals surface area contributed by atoms with Crippen LogP contribution in [-0.2, 0) is 14.3 Å².